The number of carbonyl (C=O) groups excluding carboxylic acids is 1. The maximum atomic E-state index is 13.5. The largest absolute Gasteiger partial charge is 0.494 e. The fourth-order valence-corrected chi connectivity index (χ4v) is 4.86. The molecule has 2 aliphatic rings. The van der Waals surface area contributed by atoms with Crippen molar-refractivity contribution < 1.29 is 14.3 Å². The zero-order valence-electron chi connectivity index (χ0n) is 19.3. The van der Waals surface area contributed by atoms with Crippen LogP contribution >= 0.6 is 0 Å². The molecule has 1 N–H and O–H groups in total. The molecule has 1 aliphatic heterocycles. The fourth-order valence-electron chi connectivity index (χ4n) is 4.86. The molecule has 2 aromatic carbocycles. The van der Waals surface area contributed by atoms with Crippen LogP contribution in [0, 0.1) is 6.92 Å². The maximum Gasteiger partial charge on any atom is 0.235 e. The van der Waals surface area contributed by atoms with E-state index in [4.69, 9.17) is 9.47 Å². The maximum absolute atomic E-state index is 13.5. The van der Waals surface area contributed by atoms with Gasteiger partial charge in [-0.3, -0.25) is 9.69 Å². The lowest BCUT2D eigenvalue weighted by molar-refractivity contribution is -0.122. The first-order valence-corrected chi connectivity index (χ1v) is 12.1. The molecule has 5 heteroatoms. The fraction of sp³-hybridized carbons (Fsp3) is 0.519. The van der Waals surface area contributed by atoms with Crippen molar-refractivity contribution in [2.45, 2.75) is 50.9 Å². The zero-order chi connectivity index (χ0) is 22.2. The van der Waals surface area contributed by atoms with E-state index in [1.807, 2.05) is 24.3 Å². The first-order valence-electron chi connectivity index (χ1n) is 12.1. The van der Waals surface area contributed by atoms with Crippen molar-refractivity contribution in [2.24, 2.45) is 0 Å². The molecule has 2 fully saturated rings. The van der Waals surface area contributed by atoms with Crippen molar-refractivity contribution in [2.75, 3.05) is 44.8 Å². The molecule has 1 heterocycles. The number of rotatable bonds is 8. The second-order valence-electron chi connectivity index (χ2n) is 9.14. The topological polar surface area (TPSA) is 50.8 Å². The molecule has 1 saturated carbocycles. The van der Waals surface area contributed by atoms with Gasteiger partial charge in [-0.05, 0) is 56.0 Å². The van der Waals surface area contributed by atoms with Crippen LogP contribution in [0.2, 0.25) is 0 Å². The van der Waals surface area contributed by atoms with E-state index in [1.165, 1.54) is 12.0 Å². The van der Waals surface area contributed by atoms with Gasteiger partial charge in [0.25, 0.3) is 0 Å². The Hall–Kier alpha value is -2.37. The Balaban J connectivity index is 1.32. The monoisotopic (exact) mass is 436 g/mol. The third kappa shape index (κ3) is 5.70. The van der Waals surface area contributed by atoms with E-state index in [0.29, 0.717) is 6.61 Å². The molecule has 4 rings (SSSR count). The van der Waals surface area contributed by atoms with E-state index in [2.05, 4.69) is 41.4 Å². The number of morpholine rings is 1. The molecule has 32 heavy (non-hydrogen) atoms. The smallest absolute Gasteiger partial charge is 0.235 e. The van der Waals surface area contributed by atoms with E-state index in [9.17, 15) is 4.79 Å². The summed E-state index contributed by atoms with van der Waals surface area (Å²) >= 11 is 0. The van der Waals surface area contributed by atoms with Crippen LogP contribution in [-0.4, -0.2) is 50.3 Å². The van der Waals surface area contributed by atoms with Gasteiger partial charge in [0.05, 0.1) is 25.2 Å². The van der Waals surface area contributed by atoms with Gasteiger partial charge in [0, 0.05) is 25.3 Å². The molecular weight excluding hydrogens is 400 g/mol. The number of amides is 1. The Bertz CT molecular complexity index is 851. The number of carbonyl (C=O) groups is 1. The van der Waals surface area contributed by atoms with Crippen molar-refractivity contribution in [3.8, 4) is 5.75 Å². The Morgan fingerprint density at radius 3 is 2.38 bits per heavy atom. The van der Waals surface area contributed by atoms with E-state index in [1.54, 1.807) is 0 Å². The van der Waals surface area contributed by atoms with E-state index < -0.39 is 5.41 Å². The molecule has 2 aromatic rings. The summed E-state index contributed by atoms with van der Waals surface area (Å²) < 4.78 is 11.3. The average Bonchev–Trinajstić information content (AvgIpc) is 2.84. The lowest BCUT2D eigenvalue weighted by atomic mass is 9.68. The zero-order valence-corrected chi connectivity index (χ0v) is 19.3. The third-order valence-corrected chi connectivity index (χ3v) is 6.85. The molecule has 0 spiro atoms. The van der Waals surface area contributed by atoms with Gasteiger partial charge < -0.3 is 14.8 Å². The number of nitrogens with one attached hydrogen (secondary N) is 1. The number of hydrogen-bond donors (Lipinski definition) is 1. The highest BCUT2D eigenvalue weighted by molar-refractivity contribution is 5.99. The molecule has 5 nitrogen and oxygen atoms in total. The van der Waals surface area contributed by atoms with Crippen molar-refractivity contribution in [1.29, 1.82) is 0 Å². The number of ether oxygens (including phenoxy) is 2. The summed E-state index contributed by atoms with van der Waals surface area (Å²) in [6.07, 6.45) is 6.21. The molecule has 0 radical (unpaired) electrons. The summed E-state index contributed by atoms with van der Waals surface area (Å²) in [5.74, 6) is 0.955. The van der Waals surface area contributed by atoms with Gasteiger partial charge in [0.1, 0.15) is 5.75 Å². The molecular formula is C27H36N2O3. The Kier molecular flexibility index (Phi) is 7.82. The lowest BCUT2D eigenvalue weighted by Gasteiger charge is -2.36. The second kappa shape index (κ2) is 11.0. The Morgan fingerprint density at radius 1 is 1.00 bits per heavy atom. The summed E-state index contributed by atoms with van der Waals surface area (Å²) in [5.41, 5.74) is 2.76. The highest BCUT2D eigenvalue weighted by Gasteiger charge is 2.41. The van der Waals surface area contributed by atoms with Gasteiger partial charge in [-0.25, -0.2) is 0 Å². The first-order chi connectivity index (χ1) is 15.7. The van der Waals surface area contributed by atoms with Crippen molar-refractivity contribution in [3.63, 3.8) is 0 Å². The molecule has 0 unspecified atom stereocenters. The van der Waals surface area contributed by atoms with Gasteiger partial charge in [-0.2, -0.15) is 0 Å². The molecule has 0 aromatic heterocycles. The quantitative estimate of drug-likeness (QED) is 0.596. The summed E-state index contributed by atoms with van der Waals surface area (Å²) in [7, 11) is 0. The van der Waals surface area contributed by atoms with Crippen LogP contribution in [0.15, 0.2) is 48.5 Å². The van der Waals surface area contributed by atoms with Crippen molar-refractivity contribution in [1.82, 2.24) is 4.90 Å². The first kappa shape index (κ1) is 22.8. The molecule has 1 amide bonds. The molecule has 0 bridgehead atoms. The van der Waals surface area contributed by atoms with E-state index in [0.717, 1.165) is 82.0 Å². The molecule has 1 saturated heterocycles. The summed E-state index contributed by atoms with van der Waals surface area (Å²) in [4.78, 5) is 15.9. The van der Waals surface area contributed by atoms with Crippen LogP contribution in [0.5, 0.6) is 5.75 Å². The molecule has 1 aliphatic carbocycles. The van der Waals surface area contributed by atoms with Crippen LogP contribution in [0.4, 0.5) is 5.69 Å². The second-order valence-corrected chi connectivity index (χ2v) is 9.14. The SMILES string of the molecule is Cc1ccc(C2(C(=O)Nc3ccc(OCCCN4CCOCC4)cc3)CCCCC2)cc1. The third-order valence-electron chi connectivity index (χ3n) is 6.85. The predicted octanol–water partition coefficient (Wildman–Crippen LogP) is 4.94. The summed E-state index contributed by atoms with van der Waals surface area (Å²) in [6.45, 7) is 7.51. The molecule has 172 valence electrons. The normalized spacial score (nSPS) is 18.8. The van der Waals surface area contributed by atoms with Crippen LogP contribution in [-0.2, 0) is 14.9 Å². The minimum absolute atomic E-state index is 0.111. The standard InChI is InChI=1S/C27H36N2O3/c1-22-6-8-23(9-7-22)27(14-3-2-4-15-27)26(30)28-24-10-12-25(13-11-24)32-19-5-16-29-17-20-31-21-18-29/h6-13H,2-5,14-21H2,1H3,(H,28,30). The number of anilines is 1. The van der Waals surface area contributed by atoms with Crippen LogP contribution in [0.1, 0.15) is 49.7 Å². The number of aryl methyl sites for hydroxylation is 1. The lowest BCUT2D eigenvalue weighted by Crippen LogP contribution is -2.42. The highest BCUT2D eigenvalue weighted by atomic mass is 16.5. The van der Waals surface area contributed by atoms with Crippen LogP contribution < -0.4 is 10.1 Å². The number of hydrogen-bond acceptors (Lipinski definition) is 4. The van der Waals surface area contributed by atoms with Crippen LogP contribution in [0.25, 0.3) is 0 Å². The highest BCUT2D eigenvalue weighted by Crippen LogP contribution is 2.40. The van der Waals surface area contributed by atoms with Gasteiger partial charge in [-0.1, -0.05) is 49.1 Å². The average molecular weight is 437 g/mol. The predicted molar refractivity (Wildman–Crippen MR) is 128 cm³/mol. The van der Waals surface area contributed by atoms with Crippen molar-refractivity contribution in [3.05, 3.63) is 59.7 Å². The van der Waals surface area contributed by atoms with Gasteiger partial charge in [0.2, 0.25) is 5.91 Å². The Morgan fingerprint density at radius 2 is 1.69 bits per heavy atom. The number of nitrogens with zero attached hydrogens (tertiary/aromatic N) is 1. The number of benzene rings is 2. The minimum Gasteiger partial charge on any atom is -0.494 e. The summed E-state index contributed by atoms with van der Waals surface area (Å²) in [6, 6.07) is 16.3. The molecule has 0 atom stereocenters. The Labute approximate surface area is 192 Å². The van der Waals surface area contributed by atoms with Crippen LogP contribution in [0.3, 0.4) is 0 Å². The van der Waals surface area contributed by atoms with Gasteiger partial charge in [-0.15, -0.1) is 0 Å². The van der Waals surface area contributed by atoms with E-state index in [-0.39, 0.29) is 5.91 Å². The van der Waals surface area contributed by atoms with E-state index >= 15 is 0 Å². The minimum atomic E-state index is -0.430. The van der Waals surface area contributed by atoms with Crippen molar-refractivity contribution >= 4 is 11.6 Å². The van der Waals surface area contributed by atoms with Gasteiger partial charge >= 0.3 is 0 Å². The summed E-state index contributed by atoms with van der Waals surface area (Å²) in [5, 5.41) is 3.19. The van der Waals surface area contributed by atoms with Gasteiger partial charge in [0.15, 0.2) is 0 Å².